The lowest BCUT2D eigenvalue weighted by Gasteiger charge is -2.13. The number of thiophene rings is 1. The molecule has 0 fully saturated rings. The molecule has 0 saturated carbocycles. The molecule has 0 spiro atoms. The lowest BCUT2D eigenvalue weighted by molar-refractivity contribution is 0.0531. The molecule has 1 aliphatic heterocycles. The molecule has 0 radical (unpaired) electrons. The second-order valence-electron chi connectivity index (χ2n) is 7.92. The number of hydrogen-bond donors (Lipinski definition) is 0. The van der Waals surface area contributed by atoms with Crippen molar-refractivity contribution >= 4 is 39.3 Å². The van der Waals surface area contributed by atoms with Gasteiger partial charge in [-0.3, -0.25) is 9.36 Å². The summed E-state index contributed by atoms with van der Waals surface area (Å²) in [6.07, 6.45) is 0. The molecule has 2 aromatic heterocycles. The number of carbonyl (C=O) groups is 1. The quantitative estimate of drug-likeness (QED) is 0.182. The van der Waals surface area contributed by atoms with Gasteiger partial charge in [0.25, 0.3) is 5.56 Å². The van der Waals surface area contributed by atoms with Crippen LogP contribution in [-0.4, -0.2) is 28.9 Å². The van der Waals surface area contributed by atoms with Crippen molar-refractivity contribution in [2.75, 3.05) is 13.4 Å². The smallest absolute Gasteiger partial charge is 0.348 e. The highest BCUT2D eigenvalue weighted by molar-refractivity contribution is 7.98. The van der Waals surface area contributed by atoms with E-state index in [0.29, 0.717) is 32.2 Å². The summed E-state index contributed by atoms with van der Waals surface area (Å²) in [6.45, 7) is 3.83. The maximum absolute atomic E-state index is 14.3. The highest BCUT2D eigenvalue weighted by Gasteiger charge is 2.23. The fraction of sp³-hybridized carbons (Fsp3) is 0.240. The lowest BCUT2D eigenvalue weighted by Crippen LogP contribution is -2.24. The van der Waals surface area contributed by atoms with Crippen LogP contribution in [0.2, 0.25) is 0 Å². The van der Waals surface area contributed by atoms with Crippen molar-refractivity contribution in [2.45, 2.75) is 31.3 Å². The molecule has 11 heteroatoms. The van der Waals surface area contributed by atoms with E-state index in [9.17, 15) is 18.4 Å². The predicted molar refractivity (Wildman–Crippen MR) is 132 cm³/mol. The van der Waals surface area contributed by atoms with E-state index in [1.165, 1.54) is 22.8 Å². The average Bonchev–Trinajstić information content (AvgIpc) is 3.45. The van der Waals surface area contributed by atoms with Crippen LogP contribution in [0.5, 0.6) is 11.5 Å². The number of nitrogens with zero attached hydrogens (tertiary/aromatic N) is 2. The molecular formula is C25H20F2N2O5S2. The molecule has 0 N–H and O–H groups in total. The fourth-order valence-corrected chi connectivity index (χ4v) is 6.00. The first-order chi connectivity index (χ1) is 17.4. The number of halogens is 2. The van der Waals surface area contributed by atoms with E-state index in [-0.39, 0.29) is 42.0 Å². The molecule has 7 nitrogen and oxygen atoms in total. The number of carbonyl (C=O) groups excluding carboxylic acids is 1. The van der Waals surface area contributed by atoms with Gasteiger partial charge in [0.15, 0.2) is 16.7 Å². The van der Waals surface area contributed by atoms with E-state index < -0.39 is 17.6 Å². The lowest BCUT2D eigenvalue weighted by atomic mass is 10.2. The minimum Gasteiger partial charge on any atom is -0.462 e. The SMILES string of the molecule is CCOC(=O)c1sc2nc(SCc3c(F)cccc3F)n(Cc3ccc4c(c3)OCO4)c(=O)c2c1C. The number of ether oxygens (including phenoxy) is 3. The van der Waals surface area contributed by atoms with Crippen LogP contribution in [0.4, 0.5) is 8.78 Å². The molecular weight excluding hydrogens is 510 g/mol. The Kier molecular flexibility index (Phi) is 6.67. The van der Waals surface area contributed by atoms with Crippen LogP contribution < -0.4 is 15.0 Å². The molecule has 0 bridgehead atoms. The Morgan fingerprint density at radius 2 is 1.94 bits per heavy atom. The van der Waals surface area contributed by atoms with Crippen LogP contribution in [0.15, 0.2) is 46.3 Å². The minimum atomic E-state index is -0.676. The number of esters is 1. The molecule has 3 heterocycles. The van der Waals surface area contributed by atoms with Gasteiger partial charge in [0, 0.05) is 11.3 Å². The van der Waals surface area contributed by atoms with Crippen LogP contribution in [-0.2, 0) is 17.0 Å². The van der Waals surface area contributed by atoms with Crippen LogP contribution in [0.3, 0.4) is 0 Å². The van der Waals surface area contributed by atoms with Gasteiger partial charge in [0.2, 0.25) is 6.79 Å². The average molecular weight is 531 g/mol. The molecule has 0 aliphatic carbocycles. The van der Waals surface area contributed by atoms with Gasteiger partial charge in [-0.05, 0) is 49.2 Å². The van der Waals surface area contributed by atoms with E-state index in [1.54, 1.807) is 32.0 Å². The Bertz CT molecular complexity index is 1530. The number of benzene rings is 2. The van der Waals surface area contributed by atoms with Gasteiger partial charge in [-0.1, -0.05) is 23.9 Å². The second kappa shape index (κ2) is 9.90. The number of fused-ring (bicyclic) bond motifs is 2. The van der Waals surface area contributed by atoms with Crippen LogP contribution in [0, 0.1) is 18.6 Å². The van der Waals surface area contributed by atoms with Gasteiger partial charge in [0.05, 0.1) is 18.5 Å². The summed E-state index contributed by atoms with van der Waals surface area (Å²) >= 11 is 2.10. The zero-order chi connectivity index (χ0) is 25.4. The van der Waals surface area contributed by atoms with Crippen molar-refractivity contribution in [1.82, 2.24) is 9.55 Å². The number of rotatable bonds is 7. The first-order valence-corrected chi connectivity index (χ1v) is 12.8. The van der Waals surface area contributed by atoms with E-state index in [1.807, 2.05) is 0 Å². The van der Waals surface area contributed by atoms with Gasteiger partial charge in [-0.2, -0.15) is 0 Å². The summed E-state index contributed by atoms with van der Waals surface area (Å²) in [5.74, 6) is -0.783. The first kappa shape index (κ1) is 24.3. The highest BCUT2D eigenvalue weighted by atomic mass is 32.2. The van der Waals surface area contributed by atoms with E-state index in [0.717, 1.165) is 28.7 Å². The Labute approximate surface area is 212 Å². The van der Waals surface area contributed by atoms with Gasteiger partial charge >= 0.3 is 5.97 Å². The molecule has 186 valence electrons. The molecule has 2 aromatic carbocycles. The van der Waals surface area contributed by atoms with Crippen molar-refractivity contribution in [3.05, 3.63) is 80.0 Å². The molecule has 1 aliphatic rings. The maximum atomic E-state index is 14.3. The second-order valence-corrected chi connectivity index (χ2v) is 9.86. The third-order valence-corrected chi connectivity index (χ3v) is 7.83. The Morgan fingerprint density at radius 1 is 1.19 bits per heavy atom. The van der Waals surface area contributed by atoms with Gasteiger partial charge in [-0.25, -0.2) is 18.6 Å². The van der Waals surface area contributed by atoms with Crippen molar-refractivity contribution in [3.63, 3.8) is 0 Å². The summed E-state index contributed by atoms with van der Waals surface area (Å²) in [5, 5.41) is 0.578. The molecule has 4 aromatic rings. The Hall–Kier alpha value is -3.44. The van der Waals surface area contributed by atoms with E-state index in [2.05, 4.69) is 4.98 Å². The van der Waals surface area contributed by atoms with E-state index >= 15 is 0 Å². The third kappa shape index (κ3) is 4.44. The fourth-order valence-electron chi connectivity index (χ4n) is 3.87. The number of aromatic nitrogens is 2. The monoisotopic (exact) mass is 530 g/mol. The Balaban J connectivity index is 1.60. The standard InChI is InChI=1S/C25H20F2N2O5S2/c1-3-32-24(31)21-13(2)20-22(36-21)28-25(35-11-15-16(26)5-4-6-17(15)27)29(23(20)30)10-14-7-8-18-19(9-14)34-12-33-18/h4-9H,3,10-12H2,1-2H3. The van der Waals surface area contributed by atoms with Crippen LogP contribution in [0.1, 0.15) is 33.3 Å². The largest absolute Gasteiger partial charge is 0.462 e. The van der Waals surface area contributed by atoms with Crippen molar-refractivity contribution in [3.8, 4) is 11.5 Å². The normalized spacial score (nSPS) is 12.3. The van der Waals surface area contributed by atoms with Crippen molar-refractivity contribution < 1.29 is 27.8 Å². The van der Waals surface area contributed by atoms with E-state index in [4.69, 9.17) is 14.2 Å². The van der Waals surface area contributed by atoms with Crippen LogP contribution >= 0.6 is 23.1 Å². The minimum absolute atomic E-state index is 0.0767. The zero-order valence-electron chi connectivity index (χ0n) is 19.3. The Morgan fingerprint density at radius 3 is 2.69 bits per heavy atom. The molecule has 0 unspecified atom stereocenters. The topological polar surface area (TPSA) is 79.7 Å². The summed E-state index contributed by atoms with van der Waals surface area (Å²) in [4.78, 5) is 31.4. The van der Waals surface area contributed by atoms with Gasteiger partial charge in [-0.15, -0.1) is 11.3 Å². The molecule has 5 rings (SSSR count). The number of hydrogen-bond acceptors (Lipinski definition) is 8. The van der Waals surface area contributed by atoms with Gasteiger partial charge in [0.1, 0.15) is 21.3 Å². The summed E-state index contributed by atoms with van der Waals surface area (Å²) < 4.78 is 45.9. The maximum Gasteiger partial charge on any atom is 0.348 e. The summed E-state index contributed by atoms with van der Waals surface area (Å²) in [7, 11) is 0. The van der Waals surface area contributed by atoms with Crippen LogP contribution in [0.25, 0.3) is 10.2 Å². The number of aryl methyl sites for hydroxylation is 1. The third-order valence-electron chi connectivity index (χ3n) is 5.66. The summed E-state index contributed by atoms with van der Waals surface area (Å²) in [5.41, 5.74) is 0.765. The van der Waals surface area contributed by atoms with Crippen molar-refractivity contribution in [1.29, 1.82) is 0 Å². The summed E-state index contributed by atoms with van der Waals surface area (Å²) in [6, 6.07) is 9.00. The first-order valence-electron chi connectivity index (χ1n) is 11.0. The van der Waals surface area contributed by atoms with Gasteiger partial charge < -0.3 is 14.2 Å². The highest BCUT2D eigenvalue weighted by Crippen LogP contribution is 2.34. The molecule has 36 heavy (non-hydrogen) atoms. The number of thioether (sulfide) groups is 1. The molecule has 0 atom stereocenters. The molecule has 0 saturated heterocycles. The predicted octanol–water partition coefficient (Wildman–Crippen LogP) is 5.29. The zero-order valence-corrected chi connectivity index (χ0v) is 20.9. The van der Waals surface area contributed by atoms with Crippen molar-refractivity contribution in [2.24, 2.45) is 0 Å². The molecule has 0 amide bonds.